The van der Waals surface area contributed by atoms with E-state index in [0.29, 0.717) is 17.3 Å². The van der Waals surface area contributed by atoms with E-state index in [1.807, 2.05) is 31.2 Å². The number of hydrogen-bond donors (Lipinski definition) is 1. The van der Waals surface area contributed by atoms with Crippen LogP contribution in [0.25, 0.3) is 10.8 Å². The van der Waals surface area contributed by atoms with Gasteiger partial charge in [0, 0.05) is 11.6 Å². The molecule has 5 nitrogen and oxygen atoms in total. The average molecular weight is 521 g/mol. The van der Waals surface area contributed by atoms with Crippen LogP contribution in [0.3, 0.4) is 0 Å². The average Bonchev–Trinajstić information content (AvgIpc) is 2.86. The molecule has 36 heavy (non-hydrogen) atoms. The highest BCUT2D eigenvalue weighted by atomic mass is 35.5. The van der Waals surface area contributed by atoms with Gasteiger partial charge in [0.25, 0.3) is 10.0 Å². The summed E-state index contributed by atoms with van der Waals surface area (Å²) in [6, 6.07) is 27.5. The van der Waals surface area contributed by atoms with Gasteiger partial charge in [0.05, 0.1) is 10.6 Å². The lowest BCUT2D eigenvalue weighted by atomic mass is 9.96. The van der Waals surface area contributed by atoms with Crippen molar-refractivity contribution >= 4 is 44.0 Å². The Morgan fingerprint density at radius 1 is 0.944 bits per heavy atom. The van der Waals surface area contributed by atoms with E-state index in [9.17, 15) is 13.2 Å². The van der Waals surface area contributed by atoms with Gasteiger partial charge in [0.1, 0.15) is 6.54 Å². The van der Waals surface area contributed by atoms with Crippen LogP contribution in [-0.4, -0.2) is 27.4 Å². The molecule has 4 aromatic rings. The normalized spacial score (nSPS) is 12.3. The summed E-state index contributed by atoms with van der Waals surface area (Å²) in [5.41, 5.74) is 2.55. The molecule has 1 atom stereocenters. The number of rotatable bonds is 9. The van der Waals surface area contributed by atoms with Gasteiger partial charge in [-0.25, -0.2) is 8.42 Å². The highest BCUT2D eigenvalue weighted by Crippen LogP contribution is 2.26. The van der Waals surface area contributed by atoms with Crippen LogP contribution < -0.4 is 9.62 Å². The molecule has 0 aliphatic carbocycles. The minimum absolute atomic E-state index is 0.0746. The van der Waals surface area contributed by atoms with Gasteiger partial charge in [-0.2, -0.15) is 0 Å². The van der Waals surface area contributed by atoms with E-state index in [4.69, 9.17) is 11.6 Å². The molecule has 4 aromatic carbocycles. The number of sulfonamides is 1. The van der Waals surface area contributed by atoms with E-state index in [1.165, 1.54) is 40.6 Å². The second-order valence-electron chi connectivity index (χ2n) is 9.06. The highest BCUT2D eigenvalue weighted by molar-refractivity contribution is 7.92. The highest BCUT2D eigenvalue weighted by Gasteiger charge is 2.27. The van der Waals surface area contributed by atoms with Crippen molar-refractivity contribution < 1.29 is 13.2 Å². The van der Waals surface area contributed by atoms with Crippen LogP contribution in [0.4, 0.5) is 5.69 Å². The van der Waals surface area contributed by atoms with Crippen LogP contribution in [0.1, 0.15) is 18.1 Å². The van der Waals surface area contributed by atoms with Crippen LogP contribution >= 0.6 is 11.6 Å². The standard InChI is InChI=1S/C29H29ClN2O3S/c1-21-7-5-11-26(18-21)32(36(34,35)27-15-13-25(30)14-16-27)20-29(33)31-19-22(2)17-24-10-6-9-23-8-3-4-12-28(23)24/h3-16,18,22H,17,19-20H2,1-2H3,(H,31,33). The Morgan fingerprint density at radius 3 is 2.39 bits per heavy atom. The molecule has 0 saturated heterocycles. The van der Waals surface area contributed by atoms with Gasteiger partial charge < -0.3 is 5.32 Å². The molecule has 186 valence electrons. The number of fused-ring (bicyclic) bond motifs is 1. The van der Waals surface area contributed by atoms with Crippen LogP contribution in [0.5, 0.6) is 0 Å². The molecule has 4 rings (SSSR count). The topological polar surface area (TPSA) is 66.5 Å². The van der Waals surface area contributed by atoms with Crippen molar-refractivity contribution in [2.75, 3.05) is 17.4 Å². The van der Waals surface area contributed by atoms with Gasteiger partial charge in [0.2, 0.25) is 5.91 Å². The lowest BCUT2D eigenvalue weighted by Crippen LogP contribution is -2.42. The summed E-state index contributed by atoms with van der Waals surface area (Å²) in [4.78, 5) is 13.0. The second-order valence-corrected chi connectivity index (χ2v) is 11.4. The first-order valence-electron chi connectivity index (χ1n) is 11.8. The number of carbonyl (C=O) groups is 1. The van der Waals surface area contributed by atoms with Crippen LogP contribution in [0.2, 0.25) is 5.02 Å². The summed E-state index contributed by atoms with van der Waals surface area (Å²) < 4.78 is 28.1. The zero-order valence-corrected chi connectivity index (χ0v) is 21.9. The minimum Gasteiger partial charge on any atom is -0.354 e. The Morgan fingerprint density at radius 2 is 1.64 bits per heavy atom. The lowest BCUT2D eigenvalue weighted by molar-refractivity contribution is -0.119. The van der Waals surface area contributed by atoms with Gasteiger partial charge in [-0.05, 0) is 77.6 Å². The molecule has 7 heteroatoms. The van der Waals surface area contributed by atoms with E-state index in [2.05, 4.69) is 36.5 Å². The molecular weight excluding hydrogens is 492 g/mol. The zero-order chi connectivity index (χ0) is 25.7. The number of aryl methyl sites for hydroxylation is 1. The number of benzene rings is 4. The van der Waals surface area contributed by atoms with Crippen molar-refractivity contribution in [2.24, 2.45) is 5.92 Å². The van der Waals surface area contributed by atoms with Gasteiger partial charge >= 0.3 is 0 Å². The predicted molar refractivity (Wildman–Crippen MR) is 147 cm³/mol. The first-order valence-corrected chi connectivity index (χ1v) is 13.6. The van der Waals surface area contributed by atoms with E-state index in [0.717, 1.165) is 16.3 Å². The monoisotopic (exact) mass is 520 g/mol. The van der Waals surface area contributed by atoms with Crippen molar-refractivity contribution in [1.29, 1.82) is 0 Å². The van der Waals surface area contributed by atoms with Gasteiger partial charge in [-0.1, -0.05) is 73.1 Å². The smallest absolute Gasteiger partial charge is 0.264 e. The van der Waals surface area contributed by atoms with Gasteiger partial charge in [-0.3, -0.25) is 9.10 Å². The Balaban J connectivity index is 1.48. The second kappa shape index (κ2) is 11.1. The summed E-state index contributed by atoms with van der Waals surface area (Å²) in [7, 11) is -3.98. The van der Waals surface area contributed by atoms with Crippen molar-refractivity contribution in [3.63, 3.8) is 0 Å². The summed E-state index contributed by atoms with van der Waals surface area (Å²) in [5.74, 6) is -0.195. The Labute approximate surface area is 217 Å². The third kappa shape index (κ3) is 6.07. The van der Waals surface area contributed by atoms with Crippen molar-refractivity contribution in [2.45, 2.75) is 25.2 Å². The van der Waals surface area contributed by atoms with Crippen molar-refractivity contribution in [3.8, 4) is 0 Å². The van der Waals surface area contributed by atoms with Crippen LogP contribution in [-0.2, 0) is 21.2 Å². The molecule has 0 radical (unpaired) electrons. The fraction of sp³-hybridized carbons (Fsp3) is 0.207. The van der Waals surface area contributed by atoms with E-state index >= 15 is 0 Å². The van der Waals surface area contributed by atoms with Crippen molar-refractivity contribution in [3.05, 3.63) is 107 Å². The lowest BCUT2D eigenvalue weighted by Gasteiger charge is -2.25. The van der Waals surface area contributed by atoms with Crippen LogP contribution in [0, 0.1) is 12.8 Å². The molecule has 1 unspecified atom stereocenters. The van der Waals surface area contributed by atoms with E-state index < -0.39 is 10.0 Å². The number of carbonyl (C=O) groups excluding carboxylic acids is 1. The molecule has 0 aromatic heterocycles. The molecule has 1 N–H and O–H groups in total. The number of hydrogen-bond acceptors (Lipinski definition) is 3. The maximum absolute atomic E-state index is 13.5. The molecule has 0 spiro atoms. The Hall–Kier alpha value is -3.35. The number of nitrogens with zero attached hydrogens (tertiary/aromatic N) is 1. The number of halogens is 1. The van der Waals surface area contributed by atoms with Gasteiger partial charge in [-0.15, -0.1) is 0 Å². The fourth-order valence-electron chi connectivity index (χ4n) is 4.22. The fourth-order valence-corrected chi connectivity index (χ4v) is 5.76. The summed E-state index contributed by atoms with van der Waals surface area (Å²) in [6.07, 6.45) is 0.798. The number of nitrogens with one attached hydrogen (secondary N) is 1. The largest absolute Gasteiger partial charge is 0.354 e. The summed E-state index contributed by atoms with van der Waals surface area (Å²) in [6.45, 7) is 4.07. The van der Waals surface area contributed by atoms with Crippen LogP contribution in [0.15, 0.2) is 95.9 Å². The third-order valence-electron chi connectivity index (χ3n) is 6.07. The first-order chi connectivity index (χ1) is 17.2. The van der Waals surface area contributed by atoms with E-state index in [1.54, 1.807) is 18.2 Å². The summed E-state index contributed by atoms with van der Waals surface area (Å²) in [5, 5.41) is 5.76. The molecule has 0 aliphatic heterocycles. The third-order valence-corrected chi connectivity index (χ3v) is 8.11. The molecule has 0 saturated carbocycles. The zero-order valence-electron chi connectivity index (χ0n) is 20.3. The maximum atomic E-state index is 13.5. The maximum Gasteiger partial charge on any atom is 0.264 e. The molecule has 0 fully saturated rings. The Bertz CT molecular complexity index is 1460. The molecular formula is C29H29ClN2O3S. The predicted octanol–water partition coefficient (Wildman–Crippen LogP) is 5.99. The molecule has 0 bridgehead atoms. The summed E-state index contributed by atoms with van der Waals surface area (Å²) >= 11 is 5.95. The van der Waals surface area contributed by atoms with E-state index in [-0.39, 0.29) is 23.3 Å². The Kier molecular flexibility index (Phi) is 7.97. The molecule has 0 aliphatic rings. The van der Waals surface area contributed by atoms with Gasteiger partial charge in [0.15, 0.2) is 0 Å². The van der Waals surface area contributed by atoms with Crippen molar-refractivity contribution in [1.82, 2.24) is 5.32 Å². The number of anilines is 1. The number of amides is 1. The minimum atomic E-state index is -3.98. The first kappa shape index (κ1) is 25.7. The molecule has 1 amide bonds. The quantitative estimate of drug-likeness (QED) is 0.294. The molecule has 0 heterocycles. The SMILES string of the molecule is Cc1cccc(N(CC(=O)NCC(C)Cc2cccc3ccccc23)S(=O)(=O)c2ccc(Cl)cc2)c1.